The number of rotatable bonds is 4. The van der Waals surface area contributed by atoms with Crippen molar-refractivity contribution < 1.29 is 28.3 Å². The zero-order chi connectivity index (χ0) is 19.7. The van der Waals surface area contributed by atoms with Crippen LogP contribution in [0.25, 0.3) is 11.1 Å². The molecule has 1 aliphatic rings. The quantitative estimate of drug-likeness (QED) is 0.522. The van der Waals surface area contributed by atoms with Crippen molar-refractivity contribution in [2.45, 2.75) is 22.2 Å². The van der Waals surface area contributed by atoms with E-state index in [1.165, 1.54) is 17.6 Å². The van der Waals surface area contributed by atoms with Gasteiger partial charge < -0.3 is 9.84 Å². The molecule has 1 aliphatic heterocycles. The van der Waals surface area contributed by atoms with Crippen LogP contribution in [0.15, 0.2) is 53.4 Å². The number of hydrogen-bond donors (Lipinski definition) is 3. The van der Waals surface area contributed by atoms with Crippen molar-refractivity contribution in [3.8, 4) is 11.1 Å². The van der Waals surface area contributed by atoms with E-state index in [1.54, 1.807) is 24.3 Å². The number of ether oxygens (including phenoxy) is 1. The average Bonchev–Trinajstić information content (AvgIpc) is 2.68. The molecule has 1 fully saturated rings. The second-order valence-electron chi connectivity index (χ2n) is 6.27. The molecular weight excluding hydrogens is 394 g/mol. The summed E-state index contributed by atoms with van der Waals surface area (Å²) < 4.78 is 31.1. The van der Waals surface area contributed by atoms with E-state index in [4.69, 9.17) is 21.5 Å². The van der Waals surface area contributed by atoms with Gasteiger partial charge in [-0.05, 0) is 41.8 Å². The minimum atomic E-state index is -4.05. The zero-order valence-electron chi connectivity index (χ0n) is 14.1. The van der Waals surface area contributed by atoms with Crippen LogP contribution in [0.5, 0.6) is 0 Å². The van der Waals surface area contributed by atoms with Gasteiger partial charge in [0, 0.05) is 11.6 Å². The monoisotopic (exact) mass is 411 g/mol. The van der Waals surface area contributed by atoms with Gasteiger partial charge in [-0.15, -0.1) is 0 Å². The first-order valence-corrected chi connectivity index (χ1v) is 10.1. The molecule has 0 radical (unpaired) electrons. The van der Waals surface area contributed by atoms with Crippen LogP contribution in [0.1, 0.15) is 6.42 Å². The molecule has 144 valence electrons. The second-order valence-corrected chi connectivity index (χ2v) is 8.84. The standard InChI is InChI=1S/C18H18ClNO6S/c19-14-5-1-12(2-6-14)13-3-7-15(8-4-13)27(24,25)16-9-10-26-11-18(16,22)17(21)20-23/h1-8,16,22-23H,9-11H2,(H,20,21). The third-order valence-electron chi connectivity index (χ3n) is 4.61. The maximum Gasteiger partial charge on any atom is 0.279 e. The van der Waals surface area contributed by atoms with Crippen LogP contribution in [0.3, 0.4) is 0 Å². The summed E-state index contributed by atoms with van der Waals surface area (Å²) in [7, 11) is -4.05. The van der Waals surface area contributed by atoms with E-state index < -0.39 is 33.2 Å². The number of carbonyl (C=O) groups excluding carboxylic acids is 1. The molecule has 1 saturated heterocycles. The molecule has 2 aromatic rings. The van der Waals surface area contributed by atoms with Crippen molar-refractivity contribution in [1.29, 1.82) is 0 Å². The van der Waals surface area contributed by atoms with Crippen molar-refractivity contribution in [1.82, 2.24) is 5.48 Å². The van der Waals surface area contributed by atoms with E-state index in [1.807, 2.05) is 12.1 Å². The molecule has 0 aliphatic carbocycles. The highest BCUT2D eigenvalue weighted by Crippen LogP contribution is 2.32. The zero-order valence-corrected chi connectivity index (χ0v) is 15.7. The number of sulfone groups is 1. The molecule has 27 heavy (non-hydrogen) atoms. The Labute approximate surface area is 161 Å². The lowest BCUT2D eigenvalue weighted by Crippen LogP contribution is -2.62. The number of hydrogen-bond acceptors (Lipinski definition) is 6. The molecule has 1 amide bonds. The Morgan fingerprint density at radius 3 is 2.22 bits per heavy atom. The molecule has 2 aromatic carbocycles. The minimum Gasteiger partial charge on any atom is -0.378 e. The van der Waals surface area contributed by atoms with Crippen molar-refractivity contribution in [2.75, 3.05) is 13.2 Å². The van der Waals surface area contributed by atoms with E-state index in [2.05, 4.69) is 0 Å². The Balaban J connectivity index is 1.94. The Hall–Kier alpha value is -1.97. The molecular formula is C18H18ClNO6S. The Morgan fingerprint density at radius 2 is 1.67 bits per heavy atom. The van der Waals surface area contributed by atoms with Gasteiger partial charge in [0.05, 0.1) is 11.5 Å². The average molecular weight is 412 g/mol. The summed E-state index contributed by atoms with van der Waals surface area (Å²) in [5.74, 6) is -1.21. The first-order chi connectivity index (χ1) is 12.8. The van der Waals surface area contributed by atoms with E-state index in [0.717, 1.165) is 11.1 Å². The minimum absolute atomic E-state index is 0.0312. The van der Waals surface area contributed by atoms with Crippen LogP contribution in [0, 0.1) is 0 Å². The van der Waals surface area contributed by atoms with Crippen molar-refractivity contribution in [3.05, 3.63) is 53.6 Å². The molecule has 3 rings (SSSR count). The van der Waals surface area contributed by atoms with Crippen LogP contribution in [-0.2, 0) is 19.4 Å². The SMILES string of the molecule is O=C(NO)C1(O)COCCC1S(=O)(=O)c1ccc(-c2ccc(Cl)cc2)cc1. The van der Waals surface area contributed by atoms with Gasteiger partial charge in [0.1, 0.15) is 5.25 Å². The van der Waals surface area contributed by atoms with Gasteiger partial charge in [0.25, 0.3) is 5.91 Å². The summed E-state index contributed by atoms with van der Waals surface area (Å²) >= 11 is 5.87. The fraction of sp³-hybridized carbons (Fsp3) is 0.278. The van der Waals surface area contributed by atoms with Gasteiger partial charge >= 0.3 is 0 Å². The predicted octanol–water partition coefficient (Wildman–Crippen LogP) is 1.81. The lowest BCUT2D eigenvalue weighted by Gasteiger charge is -2.36. The Morgan fingerprint density at radius 1 is 1.11 bits per heavy atom. The highest BCUT2D eigenvalue weighted by molar-refractivity contribution is 7.92. The summed E-state index contributed by atoms with van der Waals surface area (Å²) in [5, 5.41) is 18.6. The van der Waals surface area contributed by atoms with Crippen LogP contribution < -0.4 is 5.48 Å². The highest BCUT2D eigenvalue weighted by Gasteiger charge is 2.53. The predicted molar refractivity (Wildman–Crippen MR) is 98.2 cm³/mol. The Kier molecular flexibility index (Phi) is 5.55. The maximum absolute atomic E-state index is 13.0. The van der Waals surface area contributed by atoms with Crippen molar-refractivity contribution >= 4 is 27.3 Å². The molecule has 1 heterocycles. The van der Waals surface area contributed by atoms with Gasteiger partial charge in [-0.25, -0.2) is 13.9 Å². The summed E-state index contributed by atoms with van der Waals surface area (Å²) in [6, 6.07) is 13.2. The summed E-state index contributed by atoms with van der Waals surface area (Å²) in [5.41, 5.74) is 0.604. The van der Waals surface area contributed by atoms with Crippen LogP contribution in [0.4, 0.5) is 0 Å². The molecule has 0 aromatic heterocycles. The lowest BCUT2D eigenvalue weighted by atomic mass is 9.95. The lowest BCUT2D eigenvalue weighted by molar-refractivity contribution is -0.161. The fourth-order valence-corrected chi connectivity index (χ4v) is 5.18. The van der Waals surface area contributed by atoms with Crippen LogP contribution >= 0.6 is 11.6 Å². The summed E-state index contributed by atoms with van der Waals surface area (Å²) in [6.07, 6.45) is -0.0782. The summed E-state index contributed by atoms with van der Waals surface area (Å²) in [4.78, 5) is 11.8. The topological polar surface area (TPSA) is 113 Å². The molecule has 0 bridgehead atoms. The molecule has 2 unspecified atom stereocenters. The van der Waals surface area contributed by atoms with Gasteiger partial charge in [-0.2, -0.15) is 0 Å². The van der Waals surface area contributed by atoms with E-state index in [-0.39, 0.29) is 17.9 Å². The number of halogens is 1. The normalized spacial score (nSPS) is 23.0. The smallest absolute Gasteiger partial charge is 0.279 e. The number of carbonyl (C=O) groups is 1. The van der Waals surface area contributed by atoms with Gasteiger partial charge in [-0.1, -0.05) is 35.9 Å². The van der Waals surface area contributed by atoms with E-state index in [0.29, 0.717) is 5.02 Å². The Bertz CT molecular complexity index is 929. The van der Waals surface area contributed by atoms with E-state index >= 15 is 0 Å². The number of nitrogens with one attached hydrogen (secondary N) is 1. The van der Waals surface area contributed by atoms with E-state index in [9.17, 15) is 18.3 Å². The van der Waals surface area contributed by atoms with Crippen molar-refractivity contribution in [2.24, 2.45) is 0 Å². The molecule has 3 N–H and O–H groups in total. The number of benzene rings is 2. The molecule has 2 atom stereocenters. The third-order valence-corrected chi connectivity index (χ3v) is 7.16. The number of hydroxylamine groups is 1. The first kappa shape index (κ1) is 19.8. The first-order valence-electron chi connectivity index (χ1n) is 8.13. The van der Waals surface area contributed by atoms with Crippen LogP contribution in [-0.4, -0.2) is 48.7 Å². The molecule has 9 heteroatoms. The fourth-order valence-electron chi connectivity index (χ4n) is 3.11. The molecule has 7 nitrogen and oxygen atoms in total. The largest absolute Gasteiger partial charge is 0.378 e. The third kappa shape index (κ3) is 3.71. The second kappa shape index (κ2) is 7.57. The van der Waals surface area contributed by atoms with Gasteiger partial charge in [-0.3, -0.25) is 10.0 Å². The number of aliphatic hydroxyl groups is 1. The highest BCUT2D eigenvalue weighted by atomic mass is 35.5. The van der Waals surface area contributed by atoms with Crippen molar-refractivity contribution in [3.63, 3.8) is 0 Å². The summed E-state index contributed by atoms with van der Waals surface area (Å²) in [6.45, 7) is -0.445. The van der Waals surface area contributed by atoms with Gasteiger partial charge in [0.2, 0.25) is 0 Å². The molecule has 0 spiro atoms. The van der Waals surface area contributed by atoms with Crippen LogP contribution in [0.2, 0.25) is 5.02 Å². The maximum atomic E-state index is 13.0. The van der Waals surface area contributed by atoms with Gasteiger partial charge in [0.15, 0.2) is 15.4 Å². The molecule has 0 saturated carbocycles. The number of amides is 1.